The number of halogens is 4. The molecule has 5 rings (SSSR count). The maximum absolute atomic E-state index is 14.8. The van der Waals surface area contributed by atoms with Crippen molar-refractivity contribution < 1.29 is 35.5 Å². The van der Waals surface area contributed by atoms with Crippen molar-refractivity contribution in [3.8, 4) is 28.5 Å². The van der Waals surface area contributed by atoms with Gasteiger partial charge in [0.2, 0.25) is 11.6 Å². The molecule has 194 valence electrons. The average Bonchev–Trinajstić information content (AvgIpc) is 3.32. The van der Waals surface area contributed by atoms with Gasteiger partial charge < -0.3 is 15.2 Å². The van der Waals surface area contributed by atoms with Crippen molar-refractivity contribution in [2.45, 2.75) is 4.90 Å². The van der Waals surface area contributed by atoms with E-state index in [2.05, 4.69) is 19.8 Å². The second kappa shape index (κ2) is 9.30. The van der Waals surface area contributed by atoms with Gasteiger partial charge in [-0.3, -0.25) is 0 Å². The number of aromatic nitrogens is 4. The molecule has 0 amide bonds. The van der Waals surface area contributed by atoms with Crippen LogP contribution in [0.2, 0.25) is 0 Å². The fourth-order valence-corrected chi connectivity index (χ4v) is 5.17. The van der Waals surface area contributed by atoms with Gasteiger partial charge in [0.1, 0.15) is 29.3 Å². The first-order valence-electron chi connectivity index (χ1n) is 10.6. The van der Waals surface area contributed by atoms with Gasteiger partial charge in [0.15, 0.2) is 27.9 Å². The number of nitrogens with zero attached hydrogens (tertiary/aromatic N) is 4. The number of hydrogen-bond acceptors (Lipinski definition) is 8. The number of ether oxygens (including phenoxy) is 2. The van der Waals surface area contributed by atoms with Crippen LogP contribution in [0.25, 0.3) is 22.3 Å². The van der Waals surface area contributed by atoms with Crippen LogP contribution in [-0.4, -0.2) is 34.7 Å². The third-order valence-electron chi connectivity index (χ3n) is 5.44. The van der Waals surface area contributed by atoms with Gasteiger partial charge in [0.05, 0.1) is 12.5 Å². The first-order valence-corrected chi connectivity index (χ1v) is 12.1. The fraction of sp³-hybridized carbons (Fsp3) is 0.0417. The van der Waals surface area contributed by atoms with Crippen molar-refractivity contribution in [3.05, 3.63) is 84.2 Å². The Balaban J connectivity index is 1.68. The lowest BCUT2D eigenvalue weighted by molar-refractivity contribution is 0.327. The molecule has 0 saturated carbocycles. The molecule has 2 aromatic heterocycles. The summed E-state index contributed by atoms with van der Waals surface area (Å²) in [4.78, 5) is 6.12. The predicted molar refractivity (Wildman–Crippen MR) is 127 cm³/mol. The molecule has 2 heterocycles. The Morgan fingerprint density at radius 1 is 0.842 bits per heavy atom. The molecule has 0 atom stereocenters. The molecular formula is C24H15F4N5O4S. The van der Waals surface area contributed by atoms with Gasteiger partial charge in [-0.05, 0) is 36.4 Å². The first kappa shape index (κ1) is 25.0. The molecule has 0 unspecified atom stereocenters. The molecular weight excluding hydrogens is 530 g/mol. The van der Waals surface area contributed by atoms with Crippen molar-refractivity contribution >= 4 is 26.9 Å². The van der Waals surface area contributed by atoms with Crippen LogP contribution >= 0.6 is 0 Å². The summed E-state index contributed by atoms with van der Waals surface area (Å²) < 4.78 is 94.4. The first-order chi connectivity index (χ1) is 18.1. The monoisotopic (exact) mass is 545 g/mol. The molecule has 0 radical (unpaired) electrons. The van der Waals surface area contributed by atoms with Crippen LogP contribution in [0.5, 0.6) is 17.2 Å². The van der Waals surface area contributed by atoms with Crippen LogP contribution in [0.4, 0.5) is 23.4 Å². The van der Waals surface area contributed by atoms with Gasteiger partial charge >= 0.3 is 0 Å². The van der Waals surface area contributed by atoms with Crippen molar-refractivity contribution in [1.82, 2.24) is 19.2 Å². The normalized spacial score (nSPS) is 11.6. The number of hydrogen-bond donors (Lipinski definition) is 1. The summed E-state index contributed by atoms with van der Waals surface area (Å²) in [6.45, 7) is 0. The quantitative estimate of drug-likeness (QED) is 0.186. The van der Waals surface area contributed by atoms with E-state index in [1.165, 1.54) is 0 Å². The Hall–Kier alpha value is -4.72. The van der Waals surface area contributed by atoms with E-state index in [1.54, 1.807) is 48.5 Å². The van der Waals surface area contributed by atoms with E-state index >= 15 is 0 Å². The van der Waals surface area contributed by atoms with Gasteiger partial charge in [-0.1, -0.05) is 18.2 Å². The highest BCUT2D eigenvalue weighted by Crippen LogP contribution is 2.38. The number of rotatable bonds is 6. The minimum Gasteiger partial charge on any atom is -0.492 e. The maximum atomic E-state index is 14.8. The Labute approximate surface area is 212 Å². The number of nitrogens with two attached hydrogens (primary N) is 1. The number of benzene rings is 3. The van der Waals surface area contributed by atoms with Crippen LogP contribution in [0.1, 0.15) is 0 Å². The summed E-state index contributed by atoms with van der Waals surface area (Å²) in [7, 11) is -4.50. The Morgan fingerprint density at radius 2 is 1.47 bits per heavy atom. The third-order valence-corrected chi connectivity index (χ3v) is 7.04. The molecule has 5 aromatic rings. The Bertz CT molecular complexity index is 1800. The zero-order chi connectivity index (χ0) is 27.2. The molecule has 2 N–H and O–H groups in total. The lowest BCUT2D eigenvalue weighted by atomic mass is 10.1. The summed E-state index contributed by atoms with van der Waals surface area (Å²) in [6, 6.07) is 15.2. The number of fused-ring (bicyclic) bond motifs is 1. The van der Waals surface area contributed by atoms with E-state index in [4.69, 9.17) is 10.5 Å². The molecule has 0 aliphatic rings. The highest BCUT2D eigenvalue weighted by Gasteiger charge is 2.37. The lowest BCUT2D eigenvalue weighted by Gasteiger charge is -2.13. The van der Waals surface area contributed by atoms with E-state index in [-0.39, 0.29) is 21.0 Å². The van der Waals surface area contributed by atoms with E-state index in [0.717, 1.165) is 13.4 Å². The highest BCUT2D eigenvalue weighted by molar-refractivity contribution is 7.90. The largest absolute Gasteiger partial charge is 0.492 e. The molecule has 0 fully saturated rings. The van der Waals surface area contributed by atoms with Gasteiger partial charge in [-0.15, -0.1) is 4.09 Å². The van der Waals surface area contributed by atoms with Crippen molar-refractivity contribution in [3.63, 3.8) is 0 Å². The molecule has 3 aromatic carbocycles. The molecule has 14 heteroatoms. The van der Waals surface area contributed by atoms with Crippen LogP contribution in [-0.2, 0) is 10.0 Å². The Kier molecular flexibility index (Phi) is 6.11. The van der Waals surface area contributed by atoms with Gasteiger partial charge in [-0.2, -0.15) is 17.9 Å². The zero-order valence-corrected chi connectivity index (χ0v) is 20.0. The van der Waals surface area contributed by atoms with Gasteiger partial charge in [0.25, 0.3) is 10.0 Å². The van der Waals surface area contributed by atoms with E-state index < -0.39 is 49.6 Å². The van der Waals surface area contributed by atoms with E-state index in [1.807, 2.05) is 6.07 Å². The minimum absolute atomic E-state index is 0.0460. The number of methoxy groups -OCH3 is 1. The van der Waals surface area contributed by atoms with Crippen LogP contribution < -0.4 is 15.2 Å². The number of nitrogen functional groups attached to an aromatic ring is 1. The van der Waals surface area contributed by atoms with Crippen molar-refractivity contribution in [2.24, 2.45) is 0 Å². The lowest BCUT2D eigenvalue weighted by Crippen LogP contribution is -2.20. The summed E-state index contributed by atoms with van der Waals surface area (Å²) >= 11 is 0. The second-order valence-corrected chi connectivity index (χ2v) is 9.42. The molecule has 38 heavy (non-hydrogen) atoms. The van der Waals surface area contributed by atoms with E-state index in [9.17, 15) is 26.0 Å². The predicted octanol–water partition coefficient (Wildman–Crippen LogP) is 4.67. The topological polar surface area (TPSA) is 122 Å². The molecule has 0 spiro atoms. The summed E-state index contributed by atoms with van der Waals surface area (Å²) in [5, 5.41) is 3.98. The molecule has 0 saturated heterocycles. The molecule has 0 aliphatic heterocycles. The number of anilines is 1. The fourth-order valence-electron chi connectivity index (χ4n) is 3.72. The maximum Gasteiger partial charge on any atom is 0.291 e. The standard InChI is InChI=1S/C24H15F4N5O4S/c1-36-21-18(27)16(25)17(26)19(28)22(21)38(34,35)33-24-15(23(29)30-11-31-24)20(32-33)12-7-9-14(10-8-12)37-13-5-3-2-4-6-13/h2-11H,1H3,(H2,29,30,31). The summed E-state index contributed by atoms with van der Waals surface area (Å²) in [6.07, 6.45) is 0.922. The molecule has 0 bridgehead atoms. The zero-order valence-electron chi connectivity index (χ0n) is 19.2. The van der Waals surface area contributed by atoms with Crippen LogP contribution in [0.3, 0.4) is 0 Å². The van der Waals surface area contributed by atoms with Crippen LogP contribution in [0.15, 0.2) is 65.8 Å². The molecule has 0 aliphatic carbocycles. The van der Waals surface area contributed by atoms with Gasteiger partial charge in [0, 0.05) is 5.56 Å². The highest BCUT2D eigenvalue weighted by atomic mass is 32.2. The second-order valence-electron chi connectivity index (χ2n) is 7.71. The Morgan fingerprint density at radius 3 is 2.13 bits per heavy atom. The van der Waals surface area contributed by atoms with Crippen molar-refractivity contribution in [1.29, 1.82) is 0 Å². The molecule has 9 nitrogen and oxygen atoms in total. The smallest absolute Gasteiger partial charge is 0.291 e. The SMILES string of the molecule is COc1c(F)c(F)c(F)c(F)c1S(=O)(=O)n1nc(-c2ccc(Oc3ccccc3)cc2)c2c(N)ncnc21. The summed E-state index contributed by atoms with van der Waals surface area (Å²) in [5.74, 6) is -9.36. The van der Waals surface area contributed by atoms with E-state index in [0.29, 0.717) is 17.1 Å². The minimum atomic E-state index is -5.27. The third kappa shape index (κ3) is 3.94. The van der Waals surface area contributed by atoms with Crippen molar-refractivity contribution in [2.75, 3.05) is 12.8 Å². The number of para-hydroxylation sites is 1. The van der Waals surface area contributed by atoms with Gasteiger partial charge in [-0.25, -0.2) is 23.1 Å². The average molecular weight is 545 g/mol. The summed E-state index contributed by atoms with van der Waals surface area (Å²) in [5.41, 5.74) is 5.84. The van der Waals surface area contributed by atoms with Crippen LogP contribution in [0, 0.1) is 23.3 Å².